The lowest BCUT2D eigenvalue weighted by molar-refractivity contribution is -0.141. The molecule has 1 atom stereocenters. The van der Waals surface area contributed by atoms with Crippen LogP contribution in [0.4, 0.5) is 0 Å². The summed E-state index contributed by atoms with van der Waals surface area (Å²) in [5, 5.41) is 8.91. The zero-order valence-corrected chi connectivity index (χ0v) is 12.1. The standard InChI is InChI=1S/C13H23NO4S/c15-13(16)12-6-8-14(10-12)19(17,18)9-7-11-4-2-1-3-5-11/h11-12H,1-10H2,(H,15,16). The molecule has 0 aromatic rings. The summed E-state index contributed by atoms with van der Waals surface area (Å²) in [6.45, 7) is 0.520. The molecule has 2 fully saturated rings. The van der Waals surface area contributed by atoms with E-state index in [1.165, 1.54) is 23.6 Å². The third-order valence-electron chi connectivity index (χ3n) is 4.40. The van der Waals surface area contributed by atoms with Crippen molar-refractivity contribution in [2.45, 2.75) is 44.9 Å². The maximum absolute atomic E-state index is 12.2. The van der Waals surface area contributed by atoms with Crippen molar-refractivity contribution in [3.05, 3.63) is 0 Å². The first-order chi connectivity index (χ1) is 8.99. The van der Waals surface area contributed by atoms with Crippen LogP contribution >= 0.6 is 0 Å². The molecule has 19 heavy (non-hydrogen) atoms. The Morgan fingerprint density at radius 1 is 1.16 bits per heavy atom. The number of sulfonamides is 1. The van der Waals surface area contributed by atoms with Gasteiger partial charge in [-0.25, -0.2) is 12.7 Å². The molecule has 1 unspecified atom stereocenters. The lowest BCUT2D eigenvalue weighted by atomic mass is 9.88. The Hall–Kier alpha value is -0.620. The van der Waals surface area contributed by atoms with Gasteiger partial charge in [-0.1, -0.05) is 32.1 Å². The molecule has 1 aliphatic heterocycles. The highest BCUT2D eigenvalue weighted by Gasteiger charge is 2.34. The smallest absolute Gasteiger partial charge is 0.307 e. The van der Waals surface area contributed by atoms with E-state index < -0.39 is 21.9 Å². The summed E-state index contributed by atoms with van der Waals surface area (Å²) < 4.78 is 25.7. The second kappa shape index (κ2) is 6.22. The van der Waals surface area contributed by atoms with E-state index in [0.29, 0.717) is 18.9 Å². The van der Waals surface area contributed by atoms with Gasteiger partial charge in [0.05, 0.1) is 11.7 Å². The Bertz CT molecular complexity index is 414. The van der Waals surface area contributed by atoms with Gasteiger partial charge in [-0.15, -0.1) is 0 Å². The van der Waals surface area contributed by atoms with E-state index in [2.05, 4.69) is 0 Å². The molecular weight excluding hydrogens is 266 g/mol. The minimum atomic E-state index is -3.26. The molecule has 0 amide bonds. The molecule has 0 spiro atoms. The Balaban J connectivity index is 1.83. The van der Waals surface area contributed by atoms with E-state index in [1.807, 2.05) is 0 Å². The average molecular weight is 289 g/mol. The van der Waals surface area contributed by atoms with E-state index in [4.69, 9.17) is 5.11 Å². The summed E-state index contributed by atoms with van der Waals surface area (Å²) >= 11 is 0. The Kier molecular flexibility index (Phi) is 4.84. The summed E-state index contributed by atoms with van der Waals surface area (Å²) in [6.07, 6.45) is 7.18. The third kappa shape index (κ3) is 3.92. The molecule has 2 rings (SSSR count). The zero-order chi connectivity index (χ0) is 13.9. The number of hydrogen-bond acceptors (Lipinski definition) is 3. The molecule has 1 N–H and O–H groups in total. The highest BCUT2D eigenvalue weighted by atomic mass is 32.2. The first-order valence-corrected chi connectivity index (χ1v) is 8.80. The van der Waals surface area contributed by atoms with Crippen molar-refractivity contribution in [1.82, 2.24) is 4.31 Å². The number of carboxylic acid groups (broad SMARTS) is 1. The van der Waals surface area contributed by atoms with Crippen molar-refractivity contribution >= 4 is 16.0 Å². The van der Waals surface area contributed by atoms with Gasteiger partial charge in [-0.2, -0.15) is 0 Å². The van der Waals surface area contributed by atoms with Gasteiger partial charge in [-0.05, 0) is 18.8 Å². The fourth-order valence-electron chi connectivity index (χ4n) is 3.10. The van der Waals surface area contributed by atoms with E-state index in [9.17, 15) is 13.2 Å². The molecule has 2 aliphatic rings. The van der Waals surface area contributed by atoms with Crippen molar-refractivity contribution < 1.29 is 18.3 Å². The van der Waals surface area contributed by atoms with Crippen molar-refractivity contribution in [3.8, 4) is 0 Å². The molecule has 110 valence electrons. The Morgan fingerprint density at radius 3 is 2.42 bits per heavy atom. The Labute approximate surface area is 115 Å². The number of rotatable bonds is 5. The van der Waals surface area contributed by atoms with Gasteiger partial charge in [0, 0.05) is 13.1 Å². The number of aliphatic carboxylic acids is 1. The quantitative estimate of drug-likeness (QED) is 0.836. The van der Waals surface area contributed by atoms with Crippen LogP contribution in [-0.2, 0) is 14.8 Å². The largest absolute Gasteiger partial charge is 0.481 e. The lowest BCUT2D eigenvalue weighted by Crippen LogP contribution is -2.32. The summed E-state index contributed by atoms with van der Waals surface area (Å²) in [7, 11) is -3.26. The number of carboxylic acids is 1. The molecule has 1 aliphatic carbocycles. The fourth-order valence-corrected chi connectivity index (χ4v) is 4.78. The van der Waals surface area contributed by atoms with Crippen LogP contribution in [0.1, 0.15) is 44.9 Å². The van der Waals surface area contributed by atoms with Crippen molar-refractivity contribution in [2.75, 3.05) is 18.8 Å². The van der Waals surface area contributed by atoms with Crippen LogP contribution in [0.25, 0.3) is 0 Å². The topological polar surface area (TPSA) is 74.7 Å². The predicted octanol–water partition coefficient (Wildman–Crippen LogP) is 1.69. The van der Waals surface area contributed by atoms with Crippen LogP contribution in [0.15, 0.2) is 0 Å². The highest BCUT2D eigenvalue weighted by molar-refractivity contribution is 7.89. The van der Waals surface area contributed by atoms with Crippen LogP contribution in [0, 0.1) is 11.8 Å². The van der Waals surface area contributed by atoms with Gasteiger partial charge in [0.2, 0.25) is 10.0 Å². The van der Waals surface area contributed by atoms with E-state index in [1.54, 1.807) is 0 Å². The molecule has 0 aromatic heterocycles. The fraction of sp³-hybridized carbons (Fsp3) is 0.923. The maximum atomic E-state index is 12.2. The Morgan fingerprint density at radius 2 is 1.84 bits per heavy atom. The second-order valence-corrected chi connectivity index (χ2v) is 7.88. The summed E-state index contributed by atoms with van der Waals surface area (Å²) in [5.74, 6) is -0.680. The van der Waals surface area contributed by atoms with E-state index in [-0.39, 0.29) is 12.3 Å². The molecule has 0 bridgehead atoms. The zero-order valence-electron chi connectivity index (χ0n) is 11.3. The van der Waals surface area contributed by atoms with Gasteiger partial charge in [0.15, 0.2) is 0 Å². The lowest BCUT2D eigenvalue weighted by Gasteiger charge is -2.23. The van der Waals surface area contributed by atoms with Crippen molar-refractivity contribution in [3.63, 3.8) is 0 Å². The predicted molar refractivity (Wildman–Crippen MR) is 72.3 cm³/mol. The maximum Gasteiger partial charge on any atom is 0.307 e. The van der Waals surface area contributed by atoms with Crippen molar-refractivity contribution in [1.29, 1.82) is 0 Å². The number of carbonyl (C=O) groups is 1. The highest BCUT2D eigenvalue weighted by Crippen LogP contribution is 2.28. The van der Waals surface area contributed by atoms with E-state index >= 15 is 0 Å². The summed E-state index contributed by atoms with van der Waals surface area (Å²) in [4.78, 5) is 10.9. The van der Waals surface area contributed by atoms with Crippen molar-refractivity contribution in [2.24, 2.45) is 11.8 Å². The molecule has 0 aromatic carbocycles. The van der Waals surface area contributed by atoms with Gasteiger partial charge in [-0.3, -0.25) is 4.79 Å². The van der Waals surface area contributed by atoms with Crippen LogP contribution in [0.2, 0.25) is 0 Å². The third-order valence-corrected chi connectivity index (χ3v) is 6.27. The van der Waals surface area contributed by atoms with Gasteiger partial charge >= 0.3 is 5.97 Å². The second-order valence-electron chi connectivity index (χ2n) is 5.79. The summed E-state index contributed by atoms with van der Waals surface area (Å²) in [5.41, 5.74) is 0. The molecular formula is C13H23NO4S. The van der Waals surface area contributed by atoms with Gasteiger partial charge in [0.25, 0.3) is 0 Å². The molecule has 0 radical (unpaired) electrons. The normalized spacial score (nSPS) is 26.6. The minimum absolute atomic E-state index is 0.155. The van der Waals surface area contributed by atoms with Crippen LogP contribution in [0.5, 0.6) is 0 Å². The van der Waals surface area contributed by atoms with Crippen LogP contribution in [-0.4, -0.2) is 42.6 Å². The summed E-state index contributed by atoms with van der Waals surface area (Å²) in [6, 6.07) is 0. The molecule has 5 nitrogen and oxygen atoms in total. The van der Waals surface area contributed by atoms with Crippen LogP contribution < -0.4 is 0 Å². The molecule has 1 heterocycles. The molecule has 1 saturated heterocycles. The monoisotopic (exact) mass is 289 g/mol. The first kappa shape index (κ1) is 14.8. The molecule has 6 heteroatoms. The molecule has 1 saturated carbocycles. The number of nitrogens with zero attached hydrogens (tertiary/aromatic N) is 1. The van der Waals surface area contributed by atoms with Gasteiger partial charge < -0.3 is 5.11 Å². The average Bonchev–Trinajstić information content (AvgIpc) is 2.88. The van der Waals surface area contributed by atoms with Crippen LogP contribution in [0.3, 0.4) is 0 Å². The van der Waals surface area contributed by atoms with E-state index in [0.717, 1.165) is 19.3 Å². The van der Waals surface area contributed by atoms with Gasteiger partial charge in [0.1, 0.15) is 0 Å². The first-order valence-electron chi connectivity index (χ1n) is 7.19. The number of hydrogen-bond donors (Lipinski definition) is 1. The minimum Gasteiger partial charge on any atom is -0.481 e. The SMILES string of the molecule is O=C(O)C1CCN(S(=O)(=O)CCC2CCCCC2)C1.